The predicted molar refractivity (Wildman–Crippen MR) is 67.2 cm³/mol. The molecule has 4 nitrogen and oxygen atoms in total. The fourth-order valence-corrected chi connectivity index (χ4v) is 2.38. The molecule has 0 aliphatic carbocycles. The summed E-state index contributed by atoms with van der Waals surface area (Å²) in [7, 11) is 0. The van der Waals surface area contributed by atoms with Gasteiger partial charge in [0.2, 0.25) is 0 Å². The molecule has 1 atom stereocenters. The zero-order chi connectivity index (χ0) is 11.8. The van der Waals surface area contributed by atoms with Gasteiger partial charge in [-0.3, -0.25) is 9.55 Å². The molecule has 17 heavy (non-hydrogen) atoms. The van der Waals surface area contributed by atoms with Crippen LogP contribution in [-0.2, 0) is 0 Å². The summed E-state index contributed by atoms with van der Waals surface area (Å²) in [4.78, 5) is 8.43. The van der Waals surface area contributed by atoms with Gasteiger partial charge in [0.25, 0.3) is 0 Å². The van der Waals surface area contributed by atoms with Crippen LogP contribution in [-0.4, -0.2) is 14.5 Å². The van der Waals surface area contributed by atoms with Crippen LogP contribution in [0.15, 0.2) is 31.0 Å². The van der Waals surface area contributed by atoms with Gasteiger partial charge in [0, 0.05) is 6.20 Å². The highest BCUT2D eigenvalue weighted by Gasteiger charge is 2.24. The van der Waals surface area contributed by atoms with Gasteiger partial charge in [0.1, 0.15) is 0 Å². The van der Waals surface area contributed by atoms with Crippen LogP contribution >= 0.6 is 0 Å². The Hall–Kier alpha value is -1.84. The molecule has 4 heteroatoms. The first-order valence-electron chi connectivity index (χ1n) is 5.99. The molecule has 1 aliphatic rings. The van der Waals surface area contributed by atoms with Gasteiger partial charge in [-0.15, -0.1) is 0 Å². The second-order valence-electron chi connectivity index (χ2n) is 4.91. The highest BCUT2D eigenvalue weighted by atomic mass is 15.1. The lowest BCUT2D eigenvalue weighted by Crippen LogP contribution is -2.22. The molecule has 0 fully saturated rings. The lowest BCUT2D eigenvalue weighted by molar-refractivity contribution is 0.514. The summed E-state index contributed by atoms with van der Waals surface area (Å²) >= 11 is 0. The van der Waals surface area contributed by atoms with Crippen molar-refractivity contribution in [3.63, 3.8) is 0 Å². The number of nitrogens with zero attached hydrogens (tertiary/aromatic N) is 3. The molecule has 0 spiro atoms. The molecule has 0 radical (unpaired) electrons. The molecule has 1 N–H and O–H groups in total. The Labute approximate surface area is 101 Å². The van der Waals surface area contributed by atoms with Crippen LogP contribution < -0.4 is 5.32 Å². The van der Waals surface area contributed by atoms with Crippen molar-refractivity contribution in [2.24, 2.45) is 5.92 Å². The molecular formula is C13H16N4. The van der Waals surface area contributed by atoms with Gasteiger partial charge in [-0.2, -0.15) is 0 Å². The third-order valence-corrected chi connectivity index (χ3v) is 3.12. The summed E-state index contributed by atoms with van der Waals surface area (Å²) in [5.41, 5.74) is 3.44. The summed E-state index contributed by atoms with van der Waals surface area (Å²) in [5.74, 6) is 0.652. The summed E-state index contributed by atoms with van der Waals surface area (Å²) in [6, 6.07) is 2.36. The van der Waals surface area contributed by atoms with Gasteiger partial charge in [0.05, 0.1) is 41.8 Å². The Bertz CT molecular complexity index is 530. The van der Waals surface area contributed by atoms with Crippen molar-refractivity contribution in [2.75, 3.05) is 5.32 Å². The van der Waals surface area contributed by atoms with E-state index < -0.39 is 0 Å². The fourth-order valence-electron chi connectivity index (χ4n) is 2.38. The van der Waals surface area contributed by atoms with Crippen LogP contribution in [0, 0.1) is 5.92 Å². The third kappa shape index (κ3) is 1.69. The third-order valence-electron chi connectivity index (χ3n) is 3.12. The minimum atomic E-state index is 0.340. The minimum Gasteiger partial charge on any atom is -0.375 e. The average molecular weight is 228 g/mol. The number of fused-ring (bicyclic) bond motifs is 3. The van der Waals surface area contributed by atoms with E-state index in [-0.39, 0.29) is 0 Å². The first-order chi connectivity index (χ1) is 8.25. The molecule has 0 amide bonds. The Morgan fingerprint density at radius 3 is 3.06 bits per heavy atom. The van der Waals surface area contributed by atoms with E-state index in [9.17, 15) is 0 Å². The van der Waals surface area contributed by atoms with Gasteiger partial charge in [-0.25, -0.2) is 4.98 Å². The molecular weight excluding hydrogens is 212 g/mol. The second kappa shape index (κ2) is 3.87. The maximum atomic E-state index is 4.26. The number of aromatic nitrogens is 3. The molecule has 3 rings (SSSR count). The van der Waals surface area contributed by atoms with E-state index in [1.807, 2.05) is 31.0 Å². The van der Waals surface area contributed by atoms with E-state index in [2.05, 4.69) is 33.7 Å². The Kier molecular flexibility index (Phi) is 2.35. The van der Waals surface area contributed by atoms with Crippen molar-refractivity contribution in [3.8, 4) is 5.69 Å². The van der Waals surface area contributed by atoms with Gasteiger partial charge in [0.15, 0.2) is 0 Å². The zero-order valence-corrected chi connectivity index (χ0v) is 10.1. The molecule has 2 aromatic heterocycles. The van der Waals surface area contributed by atoms with Crippen molar-refractivity contribution in [1.29, 1.82) is 0 Å². The monoisotopic (exact) mass is 228 g/mol. The number of hydrogen-bond donors (Lipinski definition) is 1. The number of pyridine rings is 1. The van der Waals surface area contributed by atoms with Gasteiger partial charge < -0.3 is 5.32 Å². The van der Waals surface area contributed by atoms with Crippen molar-refractivity contribution in [2.45, 2.75) is 26.3 Å². The van der Waals surface area contributed by atoms with E-state index in [4.69, 9.17) is 0 Å². The van der Waals surface area contributed by atoms with Crippen molar-refractivity contribution in [1.82, 2.24) is 14.5 Å². The number of anilines is 1. The van der Waals surface area contributed by atoms with E-state index in [1.54, 1.807) is 0 Å². The standard InChI is InChI=1S/C13H16N4/c1-9(2)5-11-13-7-15-8-17(13)12-6-14-4-3-10(12)16-11/h3-4,6-9,11,16H,5H2,1-2H3/t11-/m1/s1. The largest absolute Gasteiger partial charge is 0.375 e. The number of hydrogen-bond acceptors (Lipinski definition) is 3. The lowest BCUT2D eigenvalue weighted by atomic mass is 9.99. The van der Waals surface area contributed by atoms with Crippen LogP contribution in [0.3, 0.4) is 0 Å². The number of rotatable bonds is 2. The van der Waals surface area contributed by atoms with Crippen molar-refractivity contribution < 1.29 is 0 Å². The fraction of sp³-hybridized carbons (Fsp3) is 0.385. The van der Waals surface area contributed by atoms with Crippen LogP contribution in [0.25, 0.3) is 5.69 Å². The minimum absolute atomic E-state index is 0.340. The van der Waals surface area contributed by atoms with Crippen LogP contribution in [0.2, 0.25) is 0 Å². The Morgan fingerprint density at radius 2 is 2.24 bits per heavy atom. The smallest absolute Gasteiger partial charge is 0.0996 e. The van der Waals surface area contributed by atoms with E-state index >= 15 is 0 Å². The summed E-state index contributed by atoms with van der Waals surface area (Å²) in [6.45, 7) is 4.48. The summed E-state index contributed by atoms with van der Waals surface area (Å²) in [6.07, 6.45) is 8.60. The highest BCUT2D eigenvalue weighted by molar-refractivity contribution is 5.63. The quantitative estimate of drug-likeness (QED) is 0.859. The topological polar surface area (TPSA) is 42.7 Å². The Morgan fingerprint density at radius 1 is 1.35 bits per heavy atom. The van der Waals surface area contributed by atoms with Gasteiger partial charge >= 0.3 is 0 Å². The van der Waals surface area contributed by atoms with Gasteiger partial charge in [-0.1, -0.05) is 13.8 Å². The summed E-state index contributed by atoms with van der Waals surface area (Å²) in [5, 5.41) is 3.57. The SMILES string of the molecule is CC(C)C[C@H]1Nc2ccncc2-n2cncc21. The molecule has 0 bridgehead atoms. The first-order valence-corrected chi connectivity index (χ1v) is 5.99. The molecule has 0 saturated carbocycles. The molecule has 88 valence electrons. The molecule has 1 aliphatic heterocycles. The normalized spacial score (nSPS) is 17.5. The first kappa shape index (κ1) is 10.3. The van der Waals surface area contributed by atoms with Crippen molar-refractivity contribution in [3.05, 3.63) is 36.7 Å². The molecule has 2 aromatic rings. The summed E-state index contributed by atoms with van der Waals surface area (Å²) < 4.78 is 2.13. The second-order valence-corrected chi connectivity index (χ2v) is 4.91. The van der Waals surface area contributed by atoms with E-state index in [0.717, 1.165) is 17.8 Å². The molecule has 3 heterocycles. The van der Waals surface area contributed by atoms with Crippen LogP contribution in [0.5, 0.6) is 0 Å². The molecule has 0 aromatic carbocycles. The molecule has 0 unspecified atom stereocenters. The van der Waals surface area contributed by atoms with Gasteiger partial charge in [-0.05, 0) is 18.4 Å². The highest BCUT2D eigenvalue weighted by Crippen LogP contribution is 2.34. The Balaban J connectivity index is 2.06. The molecule has 0 saturated heterocycles. The number of imidazole rings is 1. The van der Waals surface area contributed by atoms with Crippen molar-refractivity contribution >= 4 is 5.69 Å². The maximum Gasteiger partial charge on any atom is 0.0996 e. The van der Waals surface area contributed by atoms with Crippen LogP contribution in [0.4, 0.5) is 5.69 Å². The lowest BCUT2D eigenvalue weighted by Gasteiger charge is -2.29. The van der Waals surface area contributed by atoms with E-state index in [0.29, 0.717) is 12.0 Å². The predicted octanol–water partition coefficient (Wildman–Crippen LogP) is 2.78. The van der Waals surface area contributed by atoms with E-state index in [1.165, 1.54) is 5.69 Å². The number of nitrogens with one attached hydrogen (secondary N) is 1. The maximum absolute atomic E-state index is 4.26. The van der Waals surface area contributed by atoms with Crippen LogP contribution in [0.1, 0.15) is 32.0 Å². The average Bonchev–Trinajstić information content (AvgIpc) is 2.78. The zero-order valence-electron chi connectivity index (χ0n) is 10.1.